The summed E-state index contributed by atoms with van der Waals surface area (Å²) in [7, 11) is 0. The zero-order valence-electron chi connectivity index (χ0n) is 15.8. The van der Waals surface area contributed by atoms with Crippen LogP contribution in [0.25, 0.3) is 0 Å². The second kappa shape index (κ2) is 8.84. The molecule has 1 aliphatic rings. The quantitative estimate of drug-likeness (QED) is 0.579. The molecular weight excluding hydrogens is 306 g/mol. The molecule has 5 nitrogen and oxygen atoms in total. The number of hydrogen-bond donors (Lipinski definition) is 2. The van der Waals surface area contributed by atoms with Crippen LogP contribution in [0.15, 0.2) is 0 Å². The molecule has 140 valence electrons. The van der Waals surface area contributed by atoms with Gasteiger partial charge in [-0.15, -0.1) is 0 Å². The van der Waals surface area contributed by atoms with Gasteiger partial charge in [-0.2, -0.15) is 0 Å². The fraction of sp³-hybridized carbons (Fsp3) is 0.895. The predicted octanol–water partition coefficient (Wildman–Crippen LogP) is 4.30. The maximum Gasteiger partial charge on any atom is 0.303 e. The summed E-state index contributed by atoms with van der Waals surface area (Å²) in [5, 5.41) is 17.8. The Labute approximate surface area is 146 Å². The van der Waals surface area contributed by atoms with Crippen LogP contribution in [0.5, 0.6) is 0 Å². The average Bonchev–Trinajstić information content (AvgIpc) is 2.41. The molecule has 1 unspecified atom stereocenters. The lowest BCUT2D eigenvalue weighted by molar-refractivity contribution is -0.139. The highest BCUT2D eigenvalue weighted by Gasteiger charge is 2.44. The van der Waals surface area contributed by atoms with Crippen LogP contribution < -0.4 is 0 Å². The van der Waals surface area contributed by atoms with Gasteiger partial charge < -0.3 is 10.2 Å². The third kappa shape index (κ3) is 6.42. The lowest BCUT2D eigenvalue weighted by Gasteiger charge is -2.56. The molecular formula is C19H35NO4. The average molecular weight is 341 g/mol. The minimum atomic E-state index is -0.740. The number of likely N-dealkylation sites (tertiary alicyclic amines) is 1. The summed E-state index contributed by atoms with van der Waals surface area (Å²) in [4.78, 5) is 24.3. The molecule has 0 spiro atoms. The molecule has 0 aliphatic carbocycles. The van der Waals surface area contributed by atoms with Gasteiger partial charge in [-0.05, 0) is 66.2 Å². The molecule has 0 aromatic heterocycles. The van der Waals surface area contributed by atoms with Gasteiger partial charge >= 0.3 is 11.9 Å². The fourth-order valence-corrected chi connectivity index (χ4v) is 4.53. The van der Waals surface area contributed by atoms with E-state index in [1.165, 1.54) is 6.42 Å². The van der Waals surface area contributed by atoms with E-state index in [1.54, 1.807) is 0 Å². The van der Waals surface area contributed by atoms with Gasteiger partial charge in [-0.3, -0.25) is 14.5 Å². The summed E-state index contributed by atoms with van der Waals surface area (Å²) in [6, 6.07) is 0.247. The van der Waals surface area contributed by atoms with E-state index in [-0.39, 0.29) is 30.0 Å². The number of carbonyl (C=O) groups is 2. The fourth-order valence-electron chi connectivity index (χ4n) is 4.53. The van der Waals surface area contributed by atoms with Crippen molar-refractivity contribution in [3.05, 3.63) is 0 Å². The van der Waals surface area contributed by atoms with Gasteiger partial charge in [0.15, 0.2) is 0 Å². The van der Waals surface area contributed by atoms with E-state index in [1.807, 2.05) is 0 Å². The van der Waals surface area contributed by atoms with Crippen molar-refractivity contribution in [2.75, 3.05) is 0 Å². The van der Waals surface area contributed by atoms with Crippen LogP contribution in [-0.2, 0) is 9.59 Å². The van der Waals surface area contributed by atoms with Crippen LogP contribution in [0, 0.1) is 0 Å². The van der Waals surface area contributed by atoms with Gasteiger partial charge in [0.05, 0.1) is 0 Å². The minimum Gasteiger partial charge on any atom is -0.481 e. The third-order valence-electron chi connectivity index (χ3n) is 5.37. The molecule has 0 bridgehead atoms. The van der Waals surface area contributed by atoms with E-state index in [2.05, 4.69) is 32.6 Å². The Kier molecular flexibility index (Phi) is 7.71. The Morgan fingerprint density at radius 2 is 1.42 bits per heavy atom. The number of nitrogens with zero attached hydrogens (tertiary/aromatic N) is 1. The zero-order valence-corrected chi connectivity index (χ0v) is 15.8. The summed E-state index contributed by atoms with van der Waals surface area (Å²) < 4.78 is 0. The summed E-state index contributed by atoms with van der Waals surface area (Å²) in [5.74, 6) is -1.48. The van der Waals surface area contributed by atoms with Gasteiger partial charge in [0.25, 0.3) is 0 Å². The summed E-state index contributed by atoms with van der Waals surface area (Å²) in [6.45, 7) is 9.08. The van der Waals surface area contributed by atoms with Crippen molar-refractivity contribution < 1.29 is 19.8 Å². The van der Waals surface area contributed by atoms with E-state index in [4.69, 9.17) is 10.2 Å². The number of carboxylic acids is 2. The van der Waals surface area contributed by atoms with Gasteiger partial charge in [-0.25, -0.2) is 0 Å². The zero-order chi connectivity index (χ0) is 18.4. The number of piperidine rings is 1. The van der Waals surface area contributed by atoms with E-state index >= 15 is 0 Å². The molecule has 1 heterocycles. The largest absolute Gasteiger partial charge is 0.481 e. The molecule has 0 amide bonds. The molecule has 0 aromatic carbocycles. The van der Waals surface area contributed by atoms with Crippen molar-refractivity contribution in [2.24, 2.45) is 0 Å². The Hall–Kier alpha value is -1.10. The van der Waals surface area contributed by atoms with Gasteiger partial charge in [-0.1, -0.05) is 12.8 Å². The number of aliphatic carboxylic acids is 2. The van der Waals surface area contributed by atoms with Crippen molar-refractivity contribution in [3.63, 3.8) is 0 Å². The van der Waals surface area contributed by atoms with Gasteiger partial charge in [0.1, 0.15) is 0 Å². The number of rotatable bonds is 10. The summed E-state index contributed by atoms with van der Waals surface area (Å²) in [5.41, 5.74) is 0.151. The number of hydrogen-bond acceptors (Lipinski definition) is 3. The second-order valence-corrected chi connectivity index (χ2v) is 8.43. The Morgan fingerprint density at radius 1 is 0.875 bits per heavy atom. The molecule has 0 radical (unpaired) electrons. The molecule has 0 saturated carbocycles. The molecule has 1 aliphatic heterocycles. The maximum atomic E-state index is 11.1. The van der Waals surface area contributed by atoms with Gasteiger partial charge in [0, 0.05) is 30.0 Å². The highest BCUT2D eigenvalue weighted by molar-refractivity contribution is 5.66. The predicted molar refractivity (Wildman–Crippen MR) is 95.2 cm³/mol. The van der Waals surface area contributed by atoms with Crippen LogP contribution in [0.3, 0.4) is 0 Å². The van der Waals surface area contributed by atoms with Crippen LogP contribution in [0.2, 0.25) is 0 Å². The second-order valence-electron chi connectivity index (χ2n) is 8.43. The summed E-state index contributed by atoms with van der Waals surface area (Å²) >= 11 is 0. The first-order valence-electron chi connectivity index (χ1n) is 9.29. The highest BCUT2D eigenvalue weighted by atomic mass is 16.4. The molecule has 1 rings (SSSR count). The first kappa shape index (κ1) is 20.9. The Bertz CT molecular complexity index is 415. The molecule has 1 saturated heterocycles. The lowest BCUT2D eigenvalue weighted by Crippen LogP contribution is -2.62. The minimum absolute atomic E-state index is 0.0754. The van der Waals surface area contributed by atoms with Crippen molar-refractivity contribution in [1.82, 2.24) is 4.90 Å². The standard InChI is InChI=1S/C19H35NO4/c1-18(2)13-8-14-19(3,4)20(18)15(11-12-17(23)24)9-6-5-7-10-16(21)22/h15H,5-14H2,1-4H3,(H,21,22)(H,23,24). The molecule has 5 heteroatoms. The molecule has 1 fully saturated rings. The van der Waals surface area contributed by atoms with E-state index in [0.29, 0.717) is 12.8 Å². The van der Waals surface area contributed by atoms with Crippen molar-refractivity contribution >= 4 is 11.9 Å². The van der Waals surface area contributed by atoms with E-state index < -0.39 is 11.9 Å². The lowest BCUT2D eigenvalue weighted by atomic mass is 9.77. The molecule has 2 N–H and O–H groups in total. The van der Waals surface area contributed by atoms with Crippen LogP contribution in [0.4, 0.5) is 0 Å². The third-order valence-corrected chi connectivity index (χ3v) is 5.37. The van der Waals surface area contributed by atoms with Crippen molar-refractivity contribution in [1.29, 1.82) is 0 Å². The monoisotopic (exact) mass is 341 g/mol. The Morgan fingerprint density at radius 3 is 1.92 bits per heavy atom. The van der Waals surface area contributed by atoms with Gasteiger partial charge in [0.2, 0.25) is 0 Å². The highest BCUT2D eigenvalue weighted by Crippen LogP contribution is 2.41. The normalized spacial score (nSPS) is 21.3. The smallest absolute Gasteiger partial charge is 0.303 e. The van der Waals surface area contributed by atoms with Crippen LogP contribution in [0.1, 0.15) is 91.9 Å². The Balaban J connectivity index is 2.74. The maximum absolute atomic E-state index is 11.1. The number of carboxylic acid groups (broad SMARTS) is 2. The molecule has 24 heavy (non-hydrogen) atoms. The van der Waals surface area contributed by atoms with E-state index in [0.717, 1.165) is 32.1 Å². The van der Waals surface area contributed by atoms with Crippen LogP contribution in [-0.4, -0.2) is 44.2 Å². The van der Waals surface area contributed by atoms with E-state index in [9.17, 15) is 9.59 Å². The molecule has 0 aromatic rings. The number of unbranched alkanes of at least 4 members (excludes halogenated alkanes) is 2. The van der Waals surface area contributed by atoms with Crippen molar-refractivity contribution in [3.8, 4) is 0 Å². The summed E-state index contributed by atoms with van der Waals surface area (Å²) in [6.07, 6.45) is 8.07. The SMILES string of the molecule is CC1(C)CCCC(C)(C)N1C(CCCCCC(=O)O)CCC(=O)O. The topological polar surface area (TPSA) is 77.8 Å². The van der Waals surface area contributed by atoms with Crippen molar-refractivity contribution in [2.45, 2.75) is 109 Å². The first-order chi connectivity index (χ1) is 11.1. The molecule has 1 atom stereocenters. The first-order valence-corrected chi connectivity index (χ1v) is 9.29. The van der Waals surface area contributed by atoms with Crippen LogP contribution >= 0.6 is 0 Å².